The van der Waals surface area contributed by atoms with Crippen LogP contribution in [0.3, 0.4) is 0 Å². The molecule has 6 heteroatoms. The molecule has 2 N–H and O–H groups in total. The Hall–Kier alpha value is -1.30. The molecule has 1 aromatic rings. The van der Waals surface area contributed by atoms with E-state index in [0.717, 1.165) is 0 Å². The molecule has 106 valence electrons. The summed E-state index contributed by atoms with van der Waals surface area (Å²) >= 11 is 5.93. The van der Waals surface area contributed by atoms with Crippen molar-refractivity contribution in [1.82, 2.24) is 4.90 Å². The zero-order chi connectivity index (χ0) is 14.3. The van der Waals surface area contributed by atoms with Crippen LogP contribution in [0.25, 0.3) is 0 Å². The average Bonchev–Trinajstić information content (AvgIpc) is 2.41. The molecular formula is C13H19ClN2O3. The van der Waals surface area contributed by atoms with E-state index in [-0.39, 0.29) is 5.91 Å². The number of carbonyl (C=O) groups is 1. The fourth-order valence-corrected chi connectivity index (χ4v) is 1.79. The van der Waals surface area contributed by atoms with E-state index in [0.29, 0.717) is 42.6 Å². The van der Waals surface area contributed by atoms with Crippen molar-refractivity contribution < 1.29 is 14.3 Å². The summed E-state index contributed by atoms with van der Waals surface area (Å²) in [4.78, 5) is 14.0. The maximum atomic E-state index is 12.4. The number of hydrogen-bond acceptors (Lipinski definition) is 4. The van der Waals surface area contributed by atoms with Crippen molar-refractivity contribution in [3.05, 3.63) is 28.8 Å². The molecule has 0 saturated carbocycles. The maximum absolute atomic E-state index is 12.4. The predicted molar refractivity (Wildman–Crippen MR) is 75.5 cm³/mol. The van der Waals surface area contributed by atoms with Gasteiger partial charge in [0.1, 0.15) is 0 Å². The minimum absolute atomic E-state index is 0.172. The number of methoxy groups -OCH3 is 2. The van der Waals surface area contributed by atoms with Crippen molar-refractivity contribution in [3.63, 3.8) is 0 Å². The third-order valence-electron chi connectivity index (χ3n) is 2.70. The van der Waals surface area contributed by atoms with Crippen LogP contribution >= 0.6 is 11.6 Å². The molecule has 0 unspecified atom stereocenters. The first-order valence-electron chi connectivity index (χ1n) is 5.93. The topological polar surface area (TPSA) is 64.8 Å². The normalized spacial score (nSPS) is 10.5. The van der Waals surface area contributed by atoms with E-state index in [1.165, 1.54) is 0 Å². The van der Waals surface area contributed by atoms with Crippen molar-refractivity contribution in [2.45, 2.75) is 0 Å². The second kappa shape index (κ2) is 7.99. The largest absolute Gasteiger partial charge is 0.397 e. The number of carbonyl (C=O) groups excluding carboxylic acids is 1. The third-order valence-corrected chi connectivity index (χ3v) is 3.03. The van der Waals surface area contributed by atoms with Gasteiger partial charge in [-0.3, -0.25) is 4.79 Å². The molecule has 1 amide bonds. The molecule has 0 aliphatic carbocycles. The van der Waals surface area contributed by atoms with Crippen LogP contribution in [0.15, 0.2) is 18.2 Å². The summed E-state index contributed by atoms with van der Waals surface area (Å²) in [6, 6.07) is 5.02. The Morgan fingerprint density at radius 1 is 1.26 bits per heavy atom. The quantitative estimate of drug-likeness (QED) is 0.774. The van der Waals surface area contributed by atoms with Gasteiger partial charge in [-0.25, -0.2) is 0 Å². The van der Waals surface area contributed by atoms with Crippen LogP contribution in [0.2, 0.25) is 5.02 Å². The Labute approximate surface area is 118 Å². The molecule has 0 saturated heterocycles. The van der Waals surface area contributed by atoms with E-state index in [1.807, 2.05) is 0 Å². The monoisotopic (exact) mass is 286 g/mol. The molecule has 5 nitrogen and oxygen atoms in total. The molecule has 0 radical (unpaired) electrons. The fraction of sp³-hybridized carbons (Fsp3) is 0.462. The Balaban J connectivity index is 2.87. The van der Waals surface area contributed by atoms with Crippen molar-refractivity contribution in [2.24, 2.45) is 0 Å². The van der Waals surface area contributed by atoms with Gasteiger partial charge in [-0.2, -0.15) is 0 Å². The number of nitrogens with two attached hydrogens (primary N) is 1. The number of ether oxygens (including phenoxy) is 2. The lowest BCUT2D eigenvalue weighted by molar-refractivity contribution is 0.0628. The summed E-state index contributed by atoms with van der Waals surface area (Å²) in [7, 11) is 3.18. The van der Waals surface area contributed by atoms with E-state index in [4.69, 9.17) is 26.8 Å². The molecule has 0 spiro atoms. The van der Waals surface area contributed by atoms with E-state index in [9.17, 15) is 4.79 Å². The van der Waals surface area contributed by atoms with Gasteiger partial charge in [0, 0.05) is 27.3 Å². The number of benzene rings is 1. The van der Waals surface area contributed by atoms with Crippen molar-refractivity contribution in [2.75, 3.05) is 46.3 Å². The Morgan fingerprint density at radius 3 is 2.37 bits per heavy atom. The van der Waals surface area contributed by atoms with E-state index in [2.05, 4.69) is 0 Å². The number of amides is 1. The SMILES string of the molecule is COCCN(CCOC)C(=O)c1cccc(Cl)c1N. The first-order chi connectivity index (χ1) is 9.11. The van der Waals surface area contributed by atoms with E-state index < -0.39 is 0 Å². The van der Waals surface area contributed by atoms with E-state index >= 15 is 0 Å². The minimum Gasteiger partial charge on any atom is -0.397 e. The van der Waals surface area contributed by atoms with Gasteiger partial charge in [-0.15, -0.1) is 0 Å². The smallest absolute Gasteiger partial charge is 0.256 e. The van der Waals surface area contributed by atoms with Gasteiger partial charge in [-0.1, -0.05) is 17.7 Å². The van der Waals surface area contributed by atoms with Crippen LogP contribution in [0, 0.1) is 0 Å². The summed E-state index contributed by atoms with van der Waals surface area (Å²) in [5, 5.41) is 0.379. The fourth-order valence-electron chi connectivity index (χ4n) is 1.61. The van der Waals surface area contributed by atoms with Crippen LogP contribution < -0.4 is 5.73 Å². The standard InChI is InChI=1S/C13H19ClN2O3/c1-18-8-6-16(7-9-19-2)13(17)10-4-3-5-11(14)12(10)15/h3-5H,6-9,15H2,1-2H3. The molecular weight excluding hydrogens is 268 g/mol. The second-order valence-electron chi connectivity index (χ2n) is 3.98. The van der Waals surface area contributed by atoms with E-state index in [1.54, 1.807) is 37.3 Å². The van der Waals surface area contributed by atoms with Crippen molar-refractivity contribution in [3.8, 4) is 0 Å². The van der Waals surface area contributed by atoms with Gasteiger partial charge in [-0.05, 0) is 12.1 Å². The Bertz CT molecular complexity index is 418. The number of hydrogen-bond donors (Lipinski definition) is 1. The maximum Gasteiger partial charge on any atom is 0.256 e. The van der Waals surface area contributed by atoms with Gasteiger partial charge in [0.25, 0.3) is 5.91 Å². The Morgan fingerprint density at radius 2 is 1.84 bits per heavy atom. The molecule has 0 aliphatic heterocycles. The zero-order valence-electron chi connectivity index (χ0n) is 11.2. The molecule has 1 aromatic carbocycles. The van der Waals surface area contributed by atoms with Crippen LogP contribution in [0.1, 0.15) is 10.4 Å². The molecule has 0 aromatic heterocycles. The van der Waals surface area contributed by atoms with Gasteiger partial charge < -0.3 is 20.1 Å². The summed E-state index contributed by atoms with van der Waals surface area (Å²) in [5.74, 6) is -0.172. The number of nitrogens with zero attached hydrogens (tertiary/aromatic N) is 1. The highest BCUT2D eigenvalue weighted by Crippen LogP contribution is 2.23. The number of para-hydroxylation sites is 1. The molecule has 0 fully saturated rings. The van der Waals surface area contributed by atoms with Crippen LogP contribution in [0.4, 0.5) is 5.69 Å². The molecule has 1 rings (SSSR count). The lowest BCUT2D eigenvalue weighted by atomic mass is 10.1. The highest BCUT2D eigenvalue weighted by atomic mass is 35.5. The first-order valence-corrected chi connectivity index (χ1v) is 6.30. The number of nitrogen functional groups attached to an aromatic ring is 1. The lowest BCUT2D eigenvalue weighted by Crippen LogP contribution is -2.36. The average molecular weight is 287 g/mol. The summed E-state index contributed by atoms with van der Waals surface area (Å²) < 4.78 is 10.0. The van der Waals surface area contributed by atoms with Gasteiger partial charge in [0.15, 0.2) is 0 Å². The molecule has 0 heterocycles. The highest BCUT2D eigenvalue weighted by molar-refractivity contribution is 6.33. The molecule has 0 aliphatic rings. The second-order valence-corrected chi connectivity index (χ2v) is 4.39. The number of anilines is 1. The summed E-state index contributed by atoms with van der Waals surface area (Å²) in [6.45, 7) is 1.86. The molecule has 0 atom stereocenters. The minimum atomic E-state index is -0.172. The summed E-state index contributed by atoms with van der Waals surface area (Å²) in [6.07, 6.45) is 0. The molecule has 19 heavy (non-hydrogen) atoms. The van der Waals surface area contributed by atoms with Crippen molar-refractivity contribution in [1.29, 1.82) is 0 Å². The zero-order valence-corrected chi connectivity index (χ0v) is 11.9. The van der Waals surface area contributed by atoms with Crippen LogP contribution in [0.5, 0.6) is 0 Å². The lowest BCUT2D eigenvalue weighted by Gasteiger charge is -2.23. The highest BCUT2D eigenvalue weighted by Gasteiger charge is 2.18. The third kappa shape index (κ3) is 4.38. The van der Waals surface area contributed by atoms with Gasteiger partial charge in [0.05, 0.1) is 29.5 Å². The number of halogens is 1. The van der Waals surface area contributed by atoms with Crippen LogP contribution in [-0.2, 0) is 9.47 Å². The van der Waals surface area contributed by atoms with Gasteiger partial charge >= 0.3 is 0 Å². The Kier molecular flexibility index (Phi) is 6.62. The predicted octanol–water partition coefficient (Wildman–Crippen LogP) is 1.66. The number of rotatable bonds is 7. The molecule has 0 bridgehead atoms. The first kappa shape index (κ1) is 15.8. The van der Waals surface area contributed by atoms with Crippen LogP contribution in [-0.4, -0.2) is 51.3 Å². The van der Waals surface area contributed by atoms with Crippen molar-refractivity contribution >= 4 is 23.2 Å². The summed E-state index contributed by atoms with van der Waals surface area (Å²) in [5.41, 5.74) is 6.54. The van der Waals surface area contributed by atoms with Gasteiger partial charge in [0.2, 0.25) is 0 Å².